The Balaban J connectivity index is 2.11. The summed E-state index contributed by atoms with van der Waals surface area (Å²) < 4.78 is 10.4. The van der Waals surface area contributed by atoms with Gasteiger partial charge in [0.25, 0.3) is 0 Å². The van der Waals surface area contributed by atoms with Crippen LogP contribution in [0.3, 0.4) is 0 Å². The molecule has 1 saturated carbocycles. The Labute approximate surface area is 106 Å². The van der Waals surface area contributed by atoms with Gasteiger partial charge in [0, 0.05) is 10.9 Å². The number of hydrogen-bond acceptors (Lipinski definition) is 3. The Bertz CT molecular complexity index is 427. The van der Waals surface area contributed by atoms with Crippen molar-refractivity contribution in [2.75, 3.05) is 7.11 Å². The Hall–Kier alpha value is -1.22. The first-order valence-corrected chi connectivity index (χ1v) is 6.00. The molecule has 92 valence electrons. The fourth-order valence-corrected chi connectivity index (χ4v) is 1.81. The van der Waals surface area contributed by atoms with Gasteiger partial charge in [-0.1, -0.05) is 11.6 Å². The lowest BCUT2D eigenvalue weighted by molar-refractivity contribution is -0.149. The summed E-state index contributed by atoms with van der Waals surface area (Å²) in [6.45, 7) is 1.90. The highest BCUT2D eigenvalue weighted by Gasteiger charge is 2.39. The molecule has 0 aliphatic heterocycles. The van der Waals surface area contributed by atoms with E-state index in [0.29, 0.717) is 16.7 Å². The summed E-state index contributed by atoms with van der Waals surface area (Å²) in [4.78, 5) is 11.6. The van der Waals surface area contributed by atoms with Gasteiger partial charge in [-0.3, -0.25) is 0 Å². The van der Waals surface area contributed by atoms with Crippen LogP contribution in [0.15, 0.2) is 18.2 Å². The summed E-state index contributed by atoms with van der Waals surface area (Å²) in [5, 5.41) is 0.693. The van der Waals surface area contributed by atoms with Crippen LogP contribution in [-0.2, 0) is 9.53 Å². The molecule has 0 bridgehead atoms. The molecule has 2 rings (SSSR count). The van der Waals surface area contributed by atoms with E-state index in [1.54, 1.807) is 12.1 Å². The number of esters is 1. The smallest absolute Gasteiger partial charge is 0.347 e. The summed E-state index contributed by atoms with van der Waals surface area (Å²) in [6, 6.07) is 5.38. The average Bonchev–Trinajstić information content (AvgIpc) is 3.13. The van der Waals surface area contributed by atoms with Crippen molar-refractivity contribution in [3.05, 3.63) is 28.8 Å². The molecule has 1 aliphatic carbocycles. The predicted octanol–water partition coefficient (Wildman–Crippen LogP) is 2.98. The number of ether oxygens (including phenoxy) is 2. The molecule has 0 heterocycles. The molecule has 0 N–H and O–H groups in total. The third kappa shape index (κ3) is 2.91. The zero-order valence-electron chi connectivity index (χ0n) is 9.90. The van der Waals surface area contributed by atoms with Gasteiger partial charge in [0.15, 0.2) is 6.10 Å². The molecule has 0 spiro atoms. The van der Waals surface area contributed by atoms with Gasteiger partial charge in [-0.25, -0.2) is 4.79 Å². The van der Waals surface area contributed by atoms with E-state index in [1.165, 1.54) is 7.11 Å². The minimum Gasteiger partial charge on any atom is -0.478 e. The van der Waals surface area contributed by atoms with Crippen molar-refractivity contribution >= 4 is 17.6 Å². The molecule has 1 aliphatic rings. The molecule has 1 atom stereocenters. The maximum Gasteiger partial charge on any atom is 0.347 e. The second kappa shape index (κ2) is 4.96. The number of methoxy groups -OCH3 is 1. The first kappa shape index (κ1) is 12.2. The number of halogens is 1. The number of hydrogen-bond donors (Lipinski definition) is 0. The van der Waals surface area contributed by atoms with Gasteiger partial charge in [0.2, 0.25) is 0 Å². The molecule has 1 aromatic carbocycles. The largest absolute Gasteiger partial charge is 0.478 e. The van der Waals surface area contributed by atoms with Gasteiger partial charge < -0.3 is 9.47 Å². The van der Waals surface area contributed by atoms with Crippen molar-refractivity contribution in [3.63, 3.8) is 0 Å². The maximum atomic E-state index is 11.6. The second-order valence-electron chi connectivity index (χ2n) is 4.31. The fourth-order valence-electron chi connectivity index (χ4n) is 1.69. The van der Waals surface area contributed by atoms with E-state index in [4.69, 9.17) is 21.1 Å². The highest BCUT2D eigenvalue weighted by atomic mass is 35.5. The lowest BCUT2D eigenvalue weighted by atomic mass is 10.2. The van der Waals surface area contributed by atoms with Gasteiger partial charge in [0.05, 0.1) is 7.11 Å². The van der Waals surface area contributed by atoms with Crippen LogP contribution in [0.5, 0.6) is 5.75 Å². The van der Waals surface area contributed by atoms with Crippen molar-refractivity contribution in [1.29, 1.82) is 0 Å². The lowest BCUT2D eigenvalue weighted by Crippen LogP contribution is -2.30. The monoisotopic (exact) mass is 254 g/mol. The van der Waals surface area contributed by atoms with Gasteiger partial charge in [0.1, 0.15) is 5.75 Å². The third-order valence-electron chi connectivity index (χ3n) is 2.88. The maximum absolute atomic E-state index is 11.6. The summed E-state index contributed by atoms with van der Waals surface area (Å²) in [7, 11) is 1.38. The minimum atomic E-state index is -0.486. The van der Waals surface area contributed by atoms with E-state index < -0.39 is 6.10 Å². The van der Waals surface area contributed by atoms with Crippen LogP contribution in [0.25, 0.3) is 0 Å². The third-order valence-corrected chi connectivity index (χ3v) is 3.30. The number of carbonyl (C=O) groups excluding carboxylic acids is 1. The predicted molar refractivity (Wildman–Crippen MR) is 65.3 cm³/mol. The standard InChI is InChI=1S/C13H15ClO3/c1-8-7-10(5-6-11(8)14)17-12(9-3-4-9)13(15)16-2/h5-7,9,12H,3-4H2,1-2H3. The molecular weight excluding hydrogens is 240 g/mol. The van der Waals surface area contributed by atoms with Crippen LogP contribution in [0.2, 0.25) is 5.02 Å². The quantitative estimate of drug-likeness (QED) is 0.775. The minimum absolute atomic E-state index is 0.290. The number of rotatable bonds is 4. The highest BCUT2D eigenvalue weighted by Crippen LogP contribution is 2.36. The molecule has 1 fully saturated rings. The molecule has 17 heavy (non-hydrogen) atoms. The Morgan fingerprint density at radius 3 is 2.71 bits per heavy atom. The molecule has 4 heteroatoms. The van der Waals surface area contributed by atoms with E-state index in [1.807, 2.05) is 13.0 Å². The molecule has 0 aromatic heterocycles. The van der Waals surface area contributed by atoms with Gasteiger partial charge >= 0.3 is 5.97 Å². The molecule has 0 radical (unpaired) electrons. The Morgan fingerprint density at radius 2 is 2.18 bits per heavy atom. The topological polar surface area (TPSA) is 35.5 Å². The van der Waals surface area contributed by atoms with Gasteiger partial charge in [-0.2, -0.15) is 0 Å². The summed E-state index contributed by atoms with van der Waals surface area (Å²) >= 11 is 5.93. The SMILES string of the molecule is COC(=O)C(Oc1ccc(Cl)c(C)c1)C1CC1. The zero-order valence-corrected chi connectivity index (χ0v) is 10.7. The van der Waals surface area contributed by atoms with E-state index in [9.17, 15) is 4.79 Å². The van der Waals surface area contributed by atoms with Crippen molar-refractivity contribution in [2.24, 2.45) is 5.92 Å². The first-order chi connectivity index (χ1) is 8.11. The number of aryl methyl sites for hydroxylation is 1. The van der Waals surface area contributed by atoms with Crippen LogP contribution < -0.4 is 4.74 Å². The van der Waals surface area contributed by atoms with Crippen molar-refractivity contribution in [2.45, 2.75) is 25.9 Å². The van der Waals surface area contributed by atoms with Crippen LogP contribution in [-0.4, -0.2) is 19.2 Å². The molecule has 0 saturated heterocycles. The molecule has 0 amide bonds. The van der Waals surface area contributed by atoms with Crippen LogP contribution in [0.4, 0.5) is 0 Å². The highest BCUT2D eigenvalue weighted by molar-refractivity contribution is 6.31. The number of benzene rings is 1. The lowest BCUT2D eigenvalue weighted by Gasteiger charge is -2.16. The van der Waals surface area contributed by atoms with Crippen LogP contribution in [0.1, 0.15) is 18.4 Å². The van der Waals surface area contributed by atoms with E-state index >= 15 is 0 Å². The van der Waals surface area contributed by atoms with Crippen molar-refractivity contribution in [3.8, 4) is 5.75 Å². The summed E-state index contributed by atoms with van der Waals surface area (Å²) in [5.41, 5.74) is 0.934. The summed E-state index contributed by atoms with van der Waals surface area (Å²) in [5.74, 6) is 0.646. The van der Waals surface area contributed by atoms with Crippen molar-refractivity contribution in [1.82, 2.24) is 0 Å². The normalized spacial score (nSPS) is 16.4. The van der Waals surface area contributed by atoms with E-state index in [2.05, 4.69) is 0 Å². The Morgan fingerprint density at radius 1 is 1.47 bits per heavy atom. The molecule has 3 nitrogen and oxygen atoms in total. The van der Waals surface area contributed by atoms with Crippen molar-refractivity contribution < 1.29 is 14.3 Å². The number of carbonyl (C=O) groups is 1. The van der Waals surface area contributed by atoms with E-state index in [0.717, 1.165) is 18.4 Å². The molecule has 1 aromatic rings. The average molecular weight is 255 g/mol. The van der Waals surface area contributed by atoms with Crippen LogP contribution >= 0.6 is 11.6 Å². The zero-order chi connectivity index (χ0) is 12.4. The summed E-state index contributed by atoms with van der Waals surface area (Å²) in [6.07, 6.45) is 1.55. The first-order valence-electron chi connectivity index (χ1n) is 5.62. The van der Waals surface area contributed by atoms with Gasteiger partial charge in [-0.05, 0) is 43.5 Å². The second-order valence-corrected chi connectivity index (χ2v) is 4.72. The molecular formula is C13H15ClO3. The fraction of sp³-hybridized carbons (Fsp3) is 0.462. The Kier molecular flexibility index (Phi) is 3.57. The molecule has 1 unspecified atom stereocenters. The van der Waals surface area contributed by atoms with E-state index in [-0.39, 0.29) is 5.97 Å². The van der Waals surface area contributed by atoms with Gasteiger partial charge in [-0.15, -0.1) is 0 Å². The van der Waals surface area contributed by atoms with Crippen LogP contribution in [0, 0.1) is 12.8 Å².